The Balaban J connectivity index is 2.01. The van der Waals surface area contributed by atoms with E-state index in [2.05, 4.69) is 48.0 Å². The van der Waals surface area contributed by atoms with Gasteiger partial charge in [-0.15, -0.1) is 0 Å². The van der Waals surface area contributed by atoms with Crippen molar-refractivity contribution in [1.29, 1.82) is 0 Å². The van der Waals surface area contributed by atoms with Gasteiger partial charge in [-0.1, -0.05) is 6.92 Å². The number of epoxide rings is 1. The molecule has 0 spiro atoms. The number of ether oxygens (including phenoxy) is 2. The van der Waals surface area contributed by atoms with E-state index in [1.165, 1.54) is 11.4 Å². The molecule has 1 heterocycles. The summed E-state index contributed by atoms with van der Waals surface area (Å²) >= 11 is 0. The van der Waals surface area contributed by atoms with Crippen LogP contribution in [0.1, 0.15) is 13.3 Å². The van der Waals surface area contributed by atoms with Crippen molar-refractivity contribution in [3.63, 3.8) is 0 Å². The average Bonchev–Trinajstić information content (AvgIpc) is 3.27. The third kappa shape index (κ3) is 3.85. The highest BCUT2D eigenvalue weighted by atomic mass is 16.6. The minimum Gasteiger partial charge on any atom is -0.383 e. The van der Waals surface area contributed by atoms with E-state index in [4.69, 9.17) is 9.47 Å². The fraction of sp³-hybridized carbons (Fsp3) is 0.600. The lowest BCUT2D eigenvalue weighted by Gasteiger charge is -2.25. The zero-order valence-electron chi connectivity index (χ0n) is 12.1. The molecule has 0 saturated carbocycles. The predicted molar refractivity (Wildman–Crippen MR) is 79.0 cm³/mol. The number of benzene rings is 1. The summed E-state index contributed by atoms with van der Waals surface area (Å²) in [5.41, 5.74) is 2.46. The summed E-state index contributed by atoms with van der Waals surface area (Å²) in [5, 5.41) is 0. The molecule has 0 N–H and O–H groups in total. The lowest BCUT2D eigenvalue weighted by Crippen LogP contribution is -2.28. The van der Waals surface area contributed by atoms with Gasteiger partial charge in [0.2, 0.25) is 0 Å². The molecule has 0 aromatic heterocycles. The maximum absolute atomic E-state index is 5.29. The standard InChI is InChI=1S/C15H24N2O2/c1-4-9-17(10-11-18-3)14-7-5-13(6-8-14)16(2)15-12-19-15/h5-8,15H,4,9-12H2,1-3H3. The SMILES string of the molecule is CCCN(CCOC)c1ccc(N(C)C2CO2)cc1. The second-order valence-corrected chi connectivity index (χ2v) is 4.90. The van der Waals surface area contributed by atoms with Gasteiger partial charge in [0.25, 0.3) is 0 Å². The minimum atomic E-state index is 0.270. The monoisotopic (exact) mass is 264 g/mol. The second-order valence-electron chi connectivity index (χ2n) is 4.90. The fourth-order valence-corrected chi connectivity index (χ4v) is 2.17. The summed E-state index contributed by atoms with van der Waals surface area (Å²) in [6.07, 6.45) is 1.41. The topological polar surface area (TPSA) is 28.2 Å². The smallest absolute Gasteiger partial charge is 0.153 e. The summed E-state index contributed by atoms with van der Waals surface area (Å²) < 4.78 is 10.5. The number of rotatable bonds is 8. The first-order valence-corrected chi connectivity index (χ1v) is 6.94. The van der Waals surface area contributed by atoms with Crippen molar-refractivity contribution in [3.8, 4) is 0 Å². The molecule has 1 unspecified atom stereocenters. The number of likely N-dealkylation sites (N-methyl/N-ethyl adjacent to an activating group) is 1. The van der Waals surface area contributed by atoms with Crippen LogP contribution in [-0.4, -0.2) is 46.7 Å². The van der Waals surface area contributed by atoms with Crippen molar-refractivity contribution in [2.24, 2.45) is 0 Å². The first kappa shape index (κ1) is 14.2. The molecular formula is C15H24N2O2. The number of hydrogen-bond acceptors (Lipinski definition) is 4. The van der Waals surface area contributed by atoms with Crippen LogP contribution in [0.15, 0.2) is 24.3 Å². The number of hydrogen-bond donors (Lipinski definition) is 0. The van der Waals surface area contributed by atoms with Crippen LogP contribution in [0.2, 0.25) is 0 Å². The third-order valence-corrected chi connectivity index (χ3v) is 3.43. The van der Waals surface area contributed by atoms with Gasteiger partial charge >= 0.3 is 0 Å². The highest BCUT2D eigenvalue weighted by Gasteiger charge is 2.27. The lowest BCUT2D eigenvalue weighted by atomic mass is 10.2. The van der Waals surface area contributed by atoms with Crippen LogP contribution in [0, 0.1) is 0 Å². The number of anilines is 2. The molecule has 1 atom stereocenters. The Hall–Kier alpha value is -1.26. The van der Waals surface area contributed by atoms with Gasteiger partial charge in [0, 0.05) is 38.6 Å². The molecule has 4 nitrogen and oxygen atoms in total. The number of nitrogens with zero attached hydrogens (tertiary/aromatic N) is 2. The molecule has 19 heavy (non-hydrogen) atoms. The van der Waals surface area contributed by atoms with Gasteiger partial charge < -0.3 is 19.3 Å². The molecule has 1 aromatic carbocycles. The van der Waals surface area contributed by atoms with Gasteiger partial charge in [0.05, 0.1) is 13.2 Å². The Kier molecular flexibility index (Phi) is 5.05. The van der Waals surface area contributed by atoms with Crippen LogP contribution in [0.4, 0.5) is 11.4 Å². The van der Waals surface area contributed by atoms with Gasteiger partial charge in [-0.25, -0.2) is 0 Å². The highest BCUT2D eigenvalue weighted by Crippen LogP contribution is 2.25. The molecular weight excluding hydrogens is 240 g/mol. The zero-order valence-corrected chi connectivity index (χ0v) is 12.1. The van der Waals surface area contributed by atoms with E-state index < -0.39 is 0 Å². The Morgan fingerprint density at radius 3 is 2.37 bits per heavy atom. The summed E-state index contributed by atoms with van der Waals surface area (Å²) in [6, 6.07) is 8.68. The molecule has 2 rings (SSSR count). The van der Waals surface area contributed by atoms with Crippen molar-refractivity contribution in [2.45, 2.75) is 19.6 Å². The van der Waals surface area contributed by atoms with Crippen molar-refractivity contribution in [1.82, 2.24) is 0 Å². The van der Waals surface area contributed by atoms with E-state index in [0.717, 1.165) is 32.7 Å². The number of methoxy groups -OCH3 is 1. The summed E-state index contributed by atoms with van der Waals surface area (Å²) in [6.45, 7) is 5.80. The fourth-order valence-electron chi connectivity index (χ4n) is 2.17. The molecule has 0 bridgehead atoms. The molecule has 106 valence electrons. The van der Waals surface area contributed by atoms with E-state index in [1.54, 1.807) is 7.11 Å². The minimum absolute atomic E-state index is 0.270. The van der Waals surface area contributed by atoms with Crippen molar-refractivity contribution >= 4 is 11.4 Å². The van der Waals surface area contributed by atoms with Crippen LogP contribution in [0.25, 0.3) is 0 Å². The molecule has 1 aromatic rings. The zero-order chi connectivity index (χ0) is 13.7. The quantitative estimate of drug-likeness (QED) is 0.674. The summed E-state index contributed by atoms with van der Waals surface area (Å²) in [5.74, 6) is 0. The highest BCUT2D eigenvalue weighted by molar-refractivity contribution is 5.56. The van der Waals surface area contributed by atoms with Gasteiger partial charge in [-0.05, 0) is 30.7 Å². The second kappa shape index (κ2) is 6.78. The van der Waals surface area contributed by atoms with Gasteiger partial charge in [-0.2, -0.15) is 0 Å². The van der Waals surface area contributed by atoms with E-state index in [-0.39, 0.29) is 6.23 Å². The van der Waals surface area contributed by atoms with Crippen LogP contribution < -0.4 is 9.80 Å². The van der Waals surface area contributed by atoms with Crippen molar-refractivity contribution < 1.29 is 9.47 Å². The van der Waals surface area contributed by atoms with Crippen LogP contribution in [0.3, 0.4) is 0 Å². The van der Waals surface area contributed by atoms with Gasteiger partial charge in [0.1, 0.15) is 0 Å². The first-order valence-electron chi connectivity index (χ1n) is 6.94. The van der Waals surface area contributed by atoms with Gasteiger partial charge in [-0.3, -0.25) is 0 Å². The molecule has 1 aliphatic rings. The molecule has 1 fully saturated rings. The average molecular weight is 264 g/mol. The maximum atomic E-state index is 5.29. The Labute approximate surface area is 115 Å². The molecule has 0 radical (unpaired) electrons. The van der Waals surface area contributed by atoms with Crippen LogP contribution in [-0.2, 0) is 9.47 Å². The normalized spacial score (nSPS) is 17.3. The van der Waals surface area contributed by atoms with Crippen molar-refractivity contribution in [3.05, 3.63) is 24.3 Å². The molecule has 1 aliphatic heterocycles. The predicted octanol–water partition coefficient (Wildman–Crippen LogP) is 2.34. The molecule has 4 heteroatoms. The molecule has 1 saturated heterocycles. The van der Waals surface area contributed by atoms with E-state index in [9.17, 15) is 0 Å². The summed E-state index contributed by atoms with van der Waals surface area (Å²) in [4.78, 5) is 4.53. The third-order valence-electron chi connectivity index (χ3n) is 3.43. The maximum Gasteiger partial charge on any atom is 0.153 e. The molecule has 0 amide bonds. The van der Waals surface area contributed by atoms with Gasteiger partial charge in [0.15, 0.2) is 6.23 Å². The Bertz CT molecular complexity index is 376. The van der Waals surface area contributed by atoms with E-state index in [1.807, 2.05) is 0 Å². The Morgan fingerprint density at radius 1 is 1.21 bits per heavy atom. The Morgan fingerprint density at radius 2 is 1.84 bits per heavy atom. The summed E-state index contributed by atoms with van der Waals surface area (Å²) in [7, 11) is 3.82. The largest absolute Gasteiger partial charge is 0.383 e. The first-order chi connectivity index (χ1) is 9.26. The van der Waals surface area contributed by atoms with E-state index in [0.29, 0.717) is 0 Å². The lowest BCUT2D eigenvalue weighted by molar-refractivity contribution is 0.205. The van der Waals surface area contributed by atoms with E-state index >= 15 is 0 Å². The van der Waals surface area contributed by atoms with Crippen LogP contribution in [0.5, 0.6) is 0 Å². The van der Waals surface area contributed by atoms with Crippen molar-refractivity contribution in [2.75, 3.05) is 50.3 Å². The van der Waals surface area contributed by atoms with Crippen LogP contribution >= 0.6 is 0 Å². The molecule has 0 aliphatic carbocycles.